The normalized spacial score (nSPS) is 14.4. The largest absolute Gasteiger partial charge is 0.468 e. The molecule has 35 heavy (non-hydrogen) atoms. The summed E-state index contributed by atoms with van der Waals surface area (Å²) in [6.07, 6.45) is 4.58. The number of sulfonamides is 1. The molecule has 10 nitrogen and oxygen atoms in total. The van der Waals surface area contributed by atoms with Gasteiger partial charge in [0.25, 0.3) is 5.69 Å². The summed E-state index contributed by atoms with van der Waals surface area (Å²) in [5.74, 6) is 0.359. The van der Waals surface area contributed by atoms with Crippen molar-refractivity contribution < 1.29 is 22.6 Å². The Labute approximate surface area is 202 Å². The van der Waals surface area contributed by atoms with Crippen LogP contribution in [-0.4, -0.2) is 50.3 Å². The van der Waals surface area contributed by atoms with Crippen molar-refractivity contribution in [3.63, 3.8) is 0 Å². The molecule has 0 bridgehead atoms. The van der Waals surface area contributed by atoms with E-state index in [1.54, 1.807) is 41.3 Å². The molecule has 1 aliphatic heterocycles. The number of furan rings is 1. The molecule has 2 aromatic carbocycles. The molecular formula is C24H24N4O6S. The van der Waals surface area contributed by atoms with Crippen molar-refractivity contribution in [2.45, 2.75) is 11.4 Å². The van der Waals surface area contributed by atoms with Crippen LogP contribution < -0.4 is 9.62 Å². The summed E-state index contributed by atoms with van der Waals surface area (Å²) in [4.78, 5) is 27.0. The van der Waals surface area contributed by atoms with Gasteiger partial charge >= 0.3 is 0 Å². The molecule has 2 heterocycles. The molecule has 182 valence electrons. The highest BCUT2D eigenvalue weighted by Crippen LogP contribution is 2.22. The number of anilines is 1. The Morgan fingerprint density at radius 2 is 1.80 bits per heavy atom. The SMILES string of the molecule is O=C(/C=C/c1ccc(S(=O)(=O)NCc2ccco2)cc1)N1CCN(c2cccc([N+](=O)[O-])c2)CC1. The number of nitrogens with zero attached hydrogens (tertiary/aromatic N) is 3. The molecule has 3 aromatic rings. The van der Waals surface area contributed by atoms with Gasteiger partial charge in [-0.15, -0.1) is 0 Å². The number of non-ortho nitro benzene ring substituents is 1. The second-order valence-electron chi connectivity index (χ2n) is 7.90. The van der Waals surface area contributed by atoms with E-state index in [1.165, 1.54) is 36.6 Å². The predicted molar refractivity (Wildman–Crippen MR) is 130 cm³/mol. The number of piperazine rings is 1. The van der Waals surface area contributed by atoms with E-state index >= 15 is 0 Å². The van der Waals surface area contributed by atoms with E-state index in [9.17, 15) is 23.3 Å². The van der Waals surface area contributed by atoms with Crippen LogP contribution in [0.2, 0.25) is 0 Å². The van der Waals surface area contributed by atoms with Crippen molar-refractivity contribution in [2.24, 2.45) is 0 Å². The molecule has 0 atom stereocenters. The molecule has 4 rings (SSSR count). The first-order valence-electron chi connectivity index (χ1n) is 10.9. The zero-order valence-corrected chi connectivity index (χ0v) is 19.6. The molecule has 1 fully saturated rings. The van der Waals surface area contributed by atoms with Crippen LogP contribution in [0.1, 0.15) is 11.3 Å². The molecule has 0 aliphatic carbocycles. The minimum atomic E-state index is -3.69. The van der Waals surface area contributed by atoms with Gasteiger partial charge in [0, 0.05) is 50.1 Å². The number of hydrogen-bond donors (Lipinski definition) is 1. The van der Waals surface area contributed by atoms with E-state index in [-0.39, 0.29) is 23.0 Å². The van der Waals surface area contributed by atoms with Crippen LogP contribution in [0.15, 0.2) is 82.3 Å². The van der Waals surface area contributed by atoms with Crippen molar-refractivity contribution in [1.82, 2.24) is 9.62 Å². The molecular weight excluding hydrogens is 472 g/mol. The minimum Gasteiger partial charge on any atom is -0.468 e. The Kier molecular flexibility index (Phi) is 7.28. The molecule has 0 spiro atoms. The predicted octanol–water partition coefficient (Wildman–Crippen LogP) is 3.03. The van der Waals surface area contributed by atoms with Gasteiger partial charge < -0.3 is 14.2 Å². The Bertz CT molecular complexity index is 1310. The van der Waals surface area contributed by atoms with Gasteiger partial charge in [0.05, 0.1) is 22.6 Å². The van der Waals surface area contributed by atoms with Gasteiger partial charge in [0.2, 0.25) is 15.9 Å². The smallest absolute Gasteiger partial charge is 0.271 e. The standard InChI is InChI=1S/C24H24N4O6S/c29-24(27-14-12-26(13-15-27)20-3-1-4-21(17-20)28(30)31)11-8-19-6-9-23(10-7-19)35(32,33)25-18-22-5-2-16-34-22/h1-11,16-17,25H,12-15,18H2/b11-8+. The van der Waals surface area contributed by atoms with E-state index in [0.29, 0.717) is 37.5 Å². The maximum atomic E-state index is 12.6. The average Bonchev–Trinajstić information content (AvgIpc) is 3.40. The van der Waals surface area contributed by atoms with Crippen LogP contribution in [0.3, 0.4) is 0 Å². The molecule has 1 N–H and O–H groups in total. The lowest BCUT2D eigenvalue weighted by molar-refractivity contribution is -0.384. The highest BCUT2D eigenvalue weighted by atomic mass is 32.2. The lowest BCUT2D eigenvalue weighted by Gasteiger charge is -2.35. The van der Waals surface area contributed by atoms with Crippen molar-refractivity contribution in [3.05, 3.63) is 94.4 Å². The van der Waals surface area contributed by atoms with Gasteiger partial charge in [-0.25, -0.2) is 13.1 Å². The van der Waals surface area contributed by atoms with Crippen molar-refractivity contribution in [3.8, 4) is 0 Å². The van der Waals surface area contributed by atoms with E-state index in [0.717, 1.165) is 5.69 Å². The highest BCUT2D eigenvalue weighted by Gasteiger charge is 2.21. The van der Waals surface area contributed by atoms with Gasteiger partial charge in [-0.05, 0) is 42.0 Å². The topological polar surface area (TPSA) is 126 Å². The Morgan fingerprint density at radius 3 is 2.46 bits per heavy atom. The molecule has 1 amide bonds. The number of rotatable bonds is 8. The lowest BCUT2D eigenvalue weighted by atomic mass is 10.2. The molecule has 1 aliphatic rings. The maximum Gasteiger partial charge on any atom is 0.271 e. The van der Waals surface area contributed by atoms with Crippen LogP contribution in [0.5, 0.6) is 0 Å². The van der Waals surface area contributed by atoms with Crippen LogP contribution in [0, 0.1) is 10.1 Å². The van der Waals surface area contributed by atoms with Gasteiger partial charge in [0.1, 0.15) is 5.76 Å². The number of carbonyl (C=O) groups is 1. The third-order valence-corrected chi connectivity index (χ3v) is 7.04. The summed E-state index contributed by atoms with van der Waals surface area (Å²) >= 11 is 0. The molecule has 11 heteroatoms. The number of benzene rings is 2. The summed E-state index contributed by atoms with van der Waals surface area (Å²) in [7, 11) is -3.69. The quantitative estimate of drug-likeness (QED) is 0.289. The van der Waals surface area contributed by atoms with Crippen LogP contribution in [0.25, 0.3) is 6.08 Å². The fourth-order valence-corrected chi connectivity index (χ4v) is 4.68. The van der Waals surface area contributed by atoms with Gasteiger partial charge in [-0.2, -0.15) is 0 Å². The zero-order valence-electron chi connectivity index (χ0n) is 18.7. The lowest BCUT2D eigenvalue weighted by Crippen LogP contribution is -2.48. The maximum absolute atomic E-state index is 12.6. The summed E-state index contributed by atoms with van der Waals surface area (Å²) in [6, 6.07) is 16.0. The van der Waals surface area contributed by atoms with E-state index < -0.39 is 14.9 Å². The first-order chi connectivity index (χ1) is 16.8. The van der Waals surface area contributed by atoms with Crippen molar-refractivity contribution >= 4 is 33.4 Å². The van der Waals surface area contributed by atoms with Crippen LogP contribution >= 0.6 is 0 Å². The first kappa shape index (κ1) is 24.2. The fourth-order valence-electron chi connectivity index (χ4n) is 3.68. The zero-order chi connectivity index (χ0) is 24.8. The van der Waals surface area contributed by atoms with Gasteiger partial charge in [-0.1, -0.05) is 18.2 Å². The number of amides is 1. The van der Waals surface area contributed by atoms with Crippen molar-refractivity contribution in [1.29, 1.82) is 0 Å². The second kappa shape index (κ2) is 10.5. The van der Waals surface area contributed by atoms with E-state index in [4.69, 9.17) is 4.42 Å². The summed E-state index contributed by atoms with van der Waals surface area (Å²) in [6.45, 7) is 2.17. The number of nitrogens with one attached hydrogen (secondary N) is 1. The molecule has 0 radical (unpaired) electrons. The third-order valence-electron chi connectivity index (χ3n) is 5.62. The average molecular weight is 497 g/mol. The van der Waals surface area contributed by atoms with Gasteiger partial charge in [-0.3, -0.25) is 14.9 Å². The molecule has 1 saturated heterocycles. The first-order valence-corrected chi connectivity index (χ1v) is 12.4. The van der Waals surface area contributed by atoms with Crippen LogP contribution in [0.4, 0.5) is 11.4 Å². The van der Waals surface area contributed by atoms with E-state index in [1.807, 2.05) is 11.0 Å². The molecule has 1 aromatic heterocycles. The van der Waals surface area contributed by atoms with Crippen molar-refractivity contribution in [2.75, 3.05) is 31.1 Å². The second-order valence-corrected chi connectivity index (χ2v) is 9.66. The van der Waals surface area contributed by atoms with Crippen LogP contribution in [-0.2, 0) is 21.4 Å². The summed E-state index contributed by atoms with van der Waals surface area (Å²) in [5.41, 5.74) is 1.49. The van der Waals surface area contributed by atoms with E-state index in [2.05, 4.69) is 4.72 Å². The fraction of sp³-hybridized carbons (Fsp3) is 0.208. The minimum absolute atomic E-state index is 0.0380. The number of nitro groups is 1. The highest BCUT2D eigenvalue weighted by molar-refractivity contribution is 7.89. The molecule has 0 unspecified atom stereocenters. The Morgan fingerprint density at radius 1 is 1.06 bits per heavy atom. The Hall–Kier alpha value is -3.96. The summed E-state index contributed by atoms with van der Waals surface area (Å²) < 4.78 is 32.5. The monoisotopic (exact) mass is 496 g/mol. The van der Waals surface area contributed by atoms with Gasteiger partial charge in [0.15, 0.2) is 0 Å². The summed E-state index contributed by atoms with van der Waals surface area (Å²) in [5, 5.41) is 11.0. The number of hydrogen-bond acceptors (Lipinski definition) is 7. The Balaban J connectivity index is 1.30. The third kappa shape index (κ3) is 6.14. The molecule has 0 saturated carbocycles. The number of nitro benzene ring substituents is 1. The number of carbonyl (C=O) groups excluding carboxylic acids is 1.